The maximum Gasteiger partial charge on any atom is 0.242 e. The second-order valence-corrected chi connectivity index (χ2v) is 6.04. The number of hydrogen-bond acceptors (Lipinski definition) is 2. The molecule has 2 amide bonds. The molecule has 0 saturated heterocycles. The first-order chi connectivity index (χ1) is 9.52. The summed E-state index contributed by atoms with van der Waals surface area (Å²) in [7, 11) is 0. The van der Waals surface area contributed by atoms with Gasteiger partial charge in [-0.15, -0.1) is 0 Å². The zero-order valence-electron chi connectivity index (χ0n) is 11.7. The van der Waals surface area contributed by atoms with Crippen LogP contribution in [0.15, 0.2) is 28.7 Å². The molecule has 0 heterocycles. The molecule has 0 aliphatic heterocycles. The molecule has 3 atom stereocenters. The Bertz CT molecular complexity index is 501. The predicted octanol–water partition coefficient (Wildman–Crippen LogP) is 2.19. The van der Waals surface area contributed by atoms with E-state index in [9.17, 15) is 9.59 Å². The van der Waals surface area contributed by atoms with E-state index in [0.717, 1.165) is 10.9 Å². The molecule has 1 aliphatic rings. The Kier molecular flexibility index (Phi) is 4.81. The molecule has 0 aromatic heterocycles. The molecule has 1 fully saturated rings. The van der Waals surface area contributed by atoms with Crippen molar-refractivity contribution in [3.05, 3.63) is 34.3 Å². The minimum Gasteiger partial charge on any atom is -0.355 e. The molecular formula is C15H19BrN2O2. The van der Waals surface area contributed by atoms with Gasteiger partial charge in [0.15, 0.2) is 0 Å². The fraction of sp³-hybridized carbons (Fsp3) is 0.467. The summed E-state index contributed by atoms with van der Waals surface area (Å²) < 4.78 is 1.03. The third-order valence-electron chi connectivity index (χ3n) is 3.53. The van der Waals surface area contributed by atoms with Crippen molar-refractivity contribution in [2.45, 2.75) is 32.2 Å². The van der Waals surface area contributed by atoms with E-state index in [1.165, 1.54) is 5.56 Å². The van der Waals surface area contributed by atoms with Crippen LogP contribution in [0.3, 0.4) is 0 Å². The monoisotopic (exact) mass is 338 g/mol. The lowest BCUT2D eigenvalue weighted by Crippen LogP contribution is -2.45. The molecule has 1 saturated carbocycles. The van der Waals surface area contributed by atoms with Crippen LogP contribution in [0.5, 0.6) is 0 Å². The standard InChI is InChI=1S/C15H19BrN2O2/c1-3-17-14(19)9(2)18-15(20)13-8-12(13)10-4-6-11(16)7-5-10/h4-7,9,12-13H,3,8H2,1-2H3,(H,17,19)(H,18,20)/t9-,12-,13+/m0/s1. The normalized spacial score (nSPS) is 21.9. The number of halogens is 1. The molecule has 20 heavy (non-hydrogen) atoms. The molecule has 108 valence electrons. The quantitative estimate of drug-likeness (QED) is 0.864. The molecule has 1 aromatic carbocycles. The first-order valence-electron chi connectivity index (χ1n) is 6.86. The van der Waals surface area contributed by atoms with Crippen LogP contribution in [-0.2, 0) is 9.59 Å². The number of rotatable bonds is 5. The molecule has 0 radical (unpaired) electrons. The van der Waals surface area contributed by atoms with E-state index in [-0.39, 0.29) is 23.7 Å². The van der Waals surface area contributed by atoms with Gasteiger partial charge >= 0.3 is 0 Å². The maximum absolute atomic E-state index is 12.1. The predicted molar refractivity (Wildman–Crippen MR) is 81.3 cm³/mol. The Balaban J connectivity index is 1.87. The van der Waals surface area contributed by atoms with E-state index >= 15 is 0 Å². The van der Waals surface area contributed by atoms with Crippen molar-refractivity contribution in [2.75, 3.05) is 6.54 Å². The molecule has 1 aliphatic carbocycles. The first kappa shape index (κ1) is 15.0. The number of carbonyl (C=O) groups is 2. The molecule has 0 bridgehead atoms. The molecule has 4 nitrogen and oxygen atoms in total. The Morgan fingerprint density at radius 1 is 1.35 bits per heavy atom. The van der Waals surface area contributed by atoms with Gasteiger partial charge < -0.3 is 10.6 Å². The van der Waals surface area contributed by atoms with Crippen LogP contribution in [0.4, 0.5) is 0 Å². The van der Waals surface area contributed by atoms with Gasteiger partial charge in [-0.3, -0.25) is 9.59 Å². The van der Waals surface area contributed by atoms with Crippen LogP contribution >= 0.6 is 15.9 Å². The minimum atomic E-state index is -0.478. The summed E-state index contributed by atoms with van der Waals surface area (Å²) in [4.78, 5) is 23.7. The Morgan fingerprint density at radius 3 is 2.60 bits per heavy atom. The number of carbonyl (C=O) groups excluding carboxylic acids is 2. The van der Waals surface area contributed by atoms with Crippen LogP contribution < -0.4 is 10.6 Å². The van der Waals surface area contributed by atoms with Crippen LogP contribution in [0, 0.1) is 5.92 Å². The Morgan fingerprint density at radius 2 is 2.00 bits per heavy atom. The summed E-state index contributed by atoms with van der Waals surface area (Å²) in [5, 5.41) is 5.48. The van der Waals surface area contributed by atoms with Crippen molar-refractivity contribution in [3.8, 4) is 0 Å². The maximum atomic E-state index is 12.1. The van der Waals surface area contributed by atoms with Gasteiger partial charge in [0.25, 0.3) is 0 Å². The molecule has 1 aromatic rings. The fourth-order valence-electron chi connectivity index (χ4n) is 2.28. The summed E-state index contributed by atoms with van der Waals surface area (Å²) >= 11 is 3.40. The second-order valence-electron chi connectivity index (χ2n) is 5.13. The number of likely N-dealkylation sites (N-methyl/N-ethyl adjacent to an activating group) is 1. The summed E-state index contributed by atoms with van der Waals surface area (Å²) in [5.41, 5.74) is 1.18. The summed E-state index contributed by atoms with van der Waals surface area (Å²) in [6.45, 7) is 4.14. The van der Waals surface area contributed by atoms with Crippen molar-refractivity contribution in [2.24, 2.45) is 5.92 Å². The highest BCUT2D eigenvalue weighted by Crippen LogP contribution is 2.47. The highest BCUT2D eigenvalue weighted by atomic mass is 79.9. The molecule has 2 rings (SSSR count). The average molecular weight is 339 g/mol. The van der Waals surface area contributed by atoms with Gasteiger partial charge in [-0.25, -0.2) is 0 Å². The largest absolute Gasteiger partial charge is 0.355 e. The zero-order chi connectivity index (χ0) is 14.7. The third-order valence-corrected chi connectivity index (χ3v) is 4.06. The molecule has 5 heteroatoms. The van der Waals surface area contributed by atoms with Gasteiger partial charge in [0.2, 0.25) is 11.8 Å². The van der Waals surface area contributed by atoms with E-state index < -0.39 is 6.04 Å². The van der Waals surface area contributed by atoms with Crippen LogP contribution in [-0.4, -0.2) is 24.4 Å². The van der Waals surface area contributed by atoms with Crippen LogP contribution in [0.1, 0.15) is 31.7 Å². The minimum absolute atomic E-state index is 0.00643. The number of amides is 2. The summed E-state index contributed by atoms with van der Waals surface area (Å²) in [6, 6.07) is 7.57. The summed E-state index contributed by atoms with van der Waals surface area (Å²) in [5.74, 6) is 0.107. The number of benzene rings is 1. The first-order valence-corrected chi connectivity index (χ1v) is 7.65. The van der Waals surface area contributed by atoms with Crippen molar-refractivity contribution >= 4 is 27.7 Å². The topological polar surface area (TPSA) is 58.2 Å². The smallest absolute Gasteiger partial charge is 0.242 e. The zero-order valence-corrected chi connectivity index (χ0v) is 13.2. The summed E-state index contributed by atoms with van der Waals surface area (Å²) in [6.07, 6.45) is 0.857. The van der Waals surface area contributed by atoms with E-state index in [1.54, 1.807) is 6.92 Å². The lowest BCUT2D eigenvalue weighted by atomic mass is 10.1. The molecule has 0 spiro atoms. The highest BCUT2D eigenvalue weighted by molar-refractivity contribution is 9.10. The number of nitrogens with one attached hydrogen (secondary N) is 2. The van der Waals surface area contributed by atoms with Crippen molar-refractivity contribution in [3.63, 3.8) is 0 Å². The Labute approximate surface area is 127 Å². The van der Waals surface area contributed by atoms with E-state index in [0.29, 0.717) is 6.54 Å². The van der Waals surface area contributed by atoms with Crippen molar-refractivity contribution in [1.82, 2.24) is 10.6 Å². The Hall–Kier alpha value is -1.36. The van der Waals surface area contributed by atoms with Gasteiger partial charge in [0, 0.05) is 16.9 Å². The average Bonchev–Trinajstić information content (AvgIpc) is 3.20. The third kappa shape index (κ3) is 3.60. The SMILES string of the molecule is CCNC(=O)[C@H](C)NC(=O)[C@@H]1C[C@H]1c1ccc(Br)cc1. The molecule has 2 N–H and O–H groups in total. The highest BCUT2D eigenvalue weighted by Gasteiger charge is 2.44. The van der Waals surface area contributed by atoms with Crippen molar-refractivity contribution < 1.29 is 9.59 Å². The van der Waals surface area contributed by atoms with E-state index in [2.05, 4.69) is 26.6 Å². The fourth-order valence-corrected chi connectivity index (χ4v) is 2.54. The number of hydrogen-bond donors (Lipinski definition) is 2. The second kappa shape index (κ2) is 6.39. The van der Waals surface area contributed by atoms with E-state index in [1.807, 2.05) is 31.2 Å². The van der Waals surface area contributed by atoms with Crippen LogP contribution in [0.25, 0.3) is 0 Å². The van der Waals surface area contributed by atoms with E-state index in [4.69, 9.17) is 0 Å². The van der Waals surface area contributed by atoms with Crippen LogP contribution in [0.2, 0.25) is 0 Å². The van der Waals surface area contributed by atoms with Gasteiger partial charge in [0.1, 0.15) is 6.04 Å². The molecular weight excluding hydrogens is 320 g/mol. The lowest BCUT2D eigenvalue weighted by Gasteiger charge is -2.13. The van der Waals surface area contributed by atoms with Gasteiger partial charge in [-0.1, -0.05) is 28.1 Å². The van der Waals surface area contributed by atoms with Gasteiger partial charge in [-0.2, -0.15) is 0 Å². The van der Waals surface area contributed by atoms with Crippen molar-refractivity contribution in [1.29, 1.82) is 0 Å². The van der Waals surface area contributed by atoms with Gasteiger partial charge in [0.05, 0.1) is 0 Å². The lowest BCUT2D eigenvalue weighted by molar-refractivity contribution is -0.129. The van der Waals surface area contributed by atoms with Gasteiger partial charge in [-0.05, 0) is 43.9 Å². The molecule has 0 unspecified atom stereocenters.